The average molecular weight is 1820 g/mol. The predicted molar refractivity (Wildman–Crippen MR) is 497 cm³/mol. The summed E-state index contributed by atoms with van der Waals surface area (Å²) in [5, 5.41) is 55.3. The molecule has 0 fully saturated rings. The molecule has 7 rings (SSSR count). The molecule has 36 nitrogen and oxygen atoms in total. The van der Waals surface area contributed by atoms with Gasteiger partial charge < -0.3 is 105 Å². The molecular formula is C95H135N19O17. The van der Waals surface area contributed by atoms with E-state index >= 15 is 28.8 Å². The van der Waals surface area contributed by atoms with Gasteiger partial charge in [-0.3, -0.25) is 76.7 Å². The Hall–Kier alpha value is -13.0. The minimum absolute atomic E-state index is 0.000212. The van der Waals surface area contributed by atoms with Crippen molar-refractivity contribution in [3.05, 3.63) is 144 Å². The Balaban J connectivity index is 1.09. The lowest BCUT2D eigenvalue weighted by Gasteiger charge is -2.31. The van der Waals surface area contributed by atoms with Crippen LogP contribution in [0.4, 0.5) is 0 Å². The van der Waals surface area contributed by atoms with Gasteiger partial charge in [-0.25, -0.2) is 0 Å². The third kappa shape index (κ3) is 32.3. The van der Waals surface area contributed by atoms with Crippen LogP contribution in [-0.2, 0) is 102 Å². The van der Waals surface area contributed by atoms with Crippen molar-refractivity contribution in [2.45, 2.75) is 254 Å². The molecule has 36 heteroatoms. The molecule has 3 heterocycles. The summed E-state index contributed by atoms with van der Waals surface area (Å²) >= 11 is 0. The molecule has 16 amide bonds. The van der Waals surface area contributed by atoms with Crippen molar-refractivity contribution in [3.8, 4) is 0 Å². The van der Waals surface area contributed by atoms with Gasteiger partial charge in [0.2, 0.25) is 95.0 Å². The maximum atomic E-state index is 15.4. The molecule has 0 aliphatic heterocycles. The fraction of sp³-hybridized carbons (Fsp3) is 0.516. The number of amides is 16. The molecule has 3 aromatic heterocycles. The second-order valence-electron chi connectivity index (χ2n) is 36.3. The summed E-state index contributed by atoms with van der Waals surface area (Å²) in [7, 11) is 0. The van der Waals surface area contributed by atoms with Gasteiger partial charge in [0.05, 0.1) is 13.2 Å². The van der Waals surface area contributed by atoms with E-state index in [1.807, 2.05) is 108 Å². The van der Waals surface area contributed by atoms with E-state index < -0.39 is 197 Å². The van der Waals surface area contributed by atoms with Crippen LogP contribution in [0.1, 0.15) is 166 Å². The summed E-state index contributed by atoms with van der Waals surface area (Å²) in [6.07, 6.45) is 5.36. The number of nitrogens with one attached hydrogen (secondary N) is 19. The van der Waals surface area contributed by atoms with Crippen molar-refractivity contribution in [3.63, 3.8) is 0 Å². The number of aromatic nitrogens is 3. The van der Waals surface area contributed by atoms with Crippen LogP contribution in [0.3, 0.4) is 0 Å². The van der Waals surface area contributed by atoms with E-state index in [4.69, 9.17) is 0 Å². The zero-order chi connectivity index (χ0) is 96.6. The Bertz CT molecular complexity index is 5080. The minimum Gasteiger partial charge on any atom is -0.395 e. The van der Waals surface area contributed by atoms with Gasteiger partial charge in [-0.05, 0) is 128 Å². The molecule has 20 N–H and O–H groups in total. The number of H-pyrrole nitrogens is 3. The molecule has 131 heavy (non-hydrogen) atoms. The fourth-order valence-corrected chi connectivity index (χ4v) is 15.2. The molecule has 0 aliphatic rings. The lowest BCUT2D eigenvalue weighted by molar-refractivity contribution is -0.137. The summed E-state index contributed by atoms with van der Waals surface area (Å²) < 4.78 is 0. The molecule has 0 spiro atoms. The number of para-hydroxylation sites is 3. The van der Waals surface area contributed by atoms with Gasteiger partial charge in [0.15, 0.2) is 0 Å². The Morgan fingerprint density at radius 3 is 0.947 bits per heavy atom. The van der Waals surface area contributed by atoms with Crippen molar-refractivity contribution in [1.82, 2.24) is 100 Å². The van der Waals surface area contributed by atoms with Gasteiger partial charge in [-0.2, -0.15) is 0 Å². The number of carbonyl (C=O) groups excluding carboxylic acids is 16. The van der Waals surface area contributed by atoms with E-state index in [1.165, 1.54) is 20.8 Å². The molecule has 7 aromatic rings. The number of hydrogen-bond acceptors (Lipinski definition) is 17. The number of hydrogen-bond donors (Lipinski definition) is 20. The number of carbonyl (C=O) groups is 16. The van der Waals surface area contributed by atoms with Crippen LogP contribution in [0.2, 0.25) is 0 Å². The third-order valence-corrected chi connectivity index (χ3v) is 22.3. The summed E-state index contributed by atoms with van der Waals surface area (Å²) in [6.45, 7) is 27.7. The van der Waals surface area contributed by atoms with Crippen molar-refractivity contribution in [2.24, 2.45) is 41.4 Å². The molecule has 0 radical (unpaired) electrons. The number of aromatic amines is 3. The van der Waals surface area contributed by atoms with Gasteiger partial charge >= 0.3 is 0 Å². The first-order chi connectivity index (χ1) is 62.1. The van der Waals surface area contributed by atoms with Gasteiger partial charge in [0.1, 0.15) is 84.6 Å². The van der Waals surface area contributed by atoms with Crippen LogP contribution in [-0.4, -0.2) is 219 Å². The number of fused-ring (bicyclic) bond motifs is 3. The average Bonchev–Trinajstić information content (AvgIpc) is 1.73. The van der Waals surface area contributed by atoms with Gasteiger partial charge in [0.25, 0.3) is 0 Å². The van der Waals surface area contributed by atoms with Crippen LogP contribution >= 0.6 is 0 Å². The lowest BCUT2D eigenvalue weighted by Crippen LogP contribution is -2.62. The quantitative estimate of drug-likeness (QED) is 0.0243. The van der Waals surface area contributed by atoms with Crippen LogP contribution in [0.15, 0.2) is 122 Å². The first-order valence-corrected chi connectivity index (χ1v) is 45.0. The van der Waals surface area contributed by atoms with Crippen LogP contribution in [0.5, 0.6) is 0 Å². The lowest BCUT2D eigenvalue weighted by atomic mass is 9.97. The highest BCUT2D eigenvalue weighted by Gasteiger charge is 2.40. The van der Waals surface area contributed by atoms with Crippen molar-refractivity contribution >= 4 is 128 Å². The van der Waals surface area contributed by atoms with Crippen molar-refractivity contribution in [1.29, 1.82) is 0 Å². The Labute approximate surface area is 764 Å². The summed E-state index contributed by atoms with van der Waals surface area (Å²) in [5.41, 5.74) is 4.81. The van der Waals surface area contributed by atoms with Gasteiger partial charge in [-0.15, -0.1) is 0 Å². The minimum atomic E-state index is -1.46. The largest absolute Gasteiger partial charge is 0.395 e. The topological polar surface area (TPSA) is 533 Å². The molecular weight excluding hydrogens is 1680 g/mol. The van der Waals surface area contributed by atoms with Gasteiger partial charge in [-0.1, -0.05) is 182 Å². The summed E-state index contributed by atoms with van der Waals surface area (Å²) in [6, 6.07) is 12.8. The van der Waals surface area contributed by atoms with Crippen molar-refractivity contribution in [2.75, 3.05) is 19.7 Å². The molecule has 0 bridgehead atoms. The summed E-state index contributed by atoms with van der Waals surface area (Å²) in [5.74, 6) is -14.2. The number of benzene rings is 4. The second-order valence-corrected chi connectivity index (χ2v) is 36.3. The monoisotopic (exact) mass is 1810 g/mol. The molecule has 712 valence electrons. The number of aliphatic hydroxyl groups is 1. The van der Waals surface area contributed by atoms with Crippen LogP contribution in [0.25, 0.3) is 32.7 Å². The molecule has 0 saturated heterocycles. The standard InChI is InChI=1S/C95H135N19O17/c1-50(2)37-70(104-83(119)58(16)102-78(117)48-100-82(118)57(15)101-49-116)86(122)103-59(17)84(120)112-80(55(11)12)94(130)114-81(56(13)14)95(131)113-79(54(9)10)93(129)111-77(44-63-47-99-69-34-26-23-31-66(63)69)92(128)107-71(38-51(3)4)87(123)108-74(41-60-27-19-18-20-28-60)90(126)105-73(40-53(7)8)89(125)110-76(43-62-46-98-68-33-25-22-30-65(62)68)91(127)106-72(39-52(5)6)88(124)109-75(85(121)96-35-36-115)42-61-45-97-67-32-24-21-29-64(61)67/h18-34,45-47,49-59,70-77,79-81,97-99,115H,35-44,48H2,1-17H3,(H,96,121)(H,100,118)(H,101,116)(H,102,117)(H,103,122)(H,104,119)(H,105,126)(H,106,127)(H,107,128)(H,108,123)(H,109,124)(H,110,125)(H,111,129)(H,112,120)(H,113,131)(H,114,130)/t57?,58-,59-,70+,71+,72+,73+,74-,75-,76-,77-,79+,80+,81+/m0/s1. The predicted octanol–water partition coefficient (Wildman–Crippen LogP) is 3.25. The zero-order valence-electron chi connectivity index (χ0n) is 78.0. The van der Waals surface area contributed by atoms with Crippen molar-refractivity contribution < 1.29 is 81.8 Å². The fourth-order valence-electron chi connectivity index (χ4n) is 15.2. The Morgan fingerprint density at radius 2 is 0.588 bits per heavy atom. The van der Waals surface area contributed by atoms with Crippen LogP contribution < -0.4 is 85.1 Å². The van der Waals surface area contributed by atoms with E-state index in [2.05, 4.69) is 100 Å². The highest BCUT2D eigenvalue weighted by Crippen LogP contribution is 2.25. The third-order valence-electron chi connectivity index (χ3n) is 22.3. The number of rotatable bonds is 52. The molecule has 0 saturated carbocycles. The smallest absolute Gasteiger partial charge is 0.243 e. The van der Waals surface area contributed by atoms with E-state index in [1.54, 1.807) is 110 Å². The first kappa shape index (κ1) is 105. The zero-order valence-corrected chi connectivity index (χ0v) is 78.0. The Kier molecular flexibility index (Phi) is 40.7. The first-order valence-electron chi connectivity index (χ1n) is 45.0. The SMILES string of the molecule is CC(C)C[C@@H](NC(=O)[C@H](C)NC(=O)CNC(=O)C(C)NC=O)C(=O)N[C@@H](C)C(=O)N[C@@H](C(=O)N[C@@H](C(=O)N[C@@H](C(=O)N[C@@H](Cc1c[nH]c2ccccc12)C(=O)N[C@H](CC(C)C)C(=O)N[C@@H](Cc1ccccc1)C(=O)N[C@H](CC(C)C)C(=O)N[C@@H](Cc1c[nH]c2ccccc12)C(=O)N[C@H](CC(C)C)C(=O)N[C@@H](Cc1c[nH]c2ccccc12)C(=O)NCCO)C(C)C)C(C)C)C(C)C. The van der Waals surface area contributed by atoms with Gasteiger partial charge in [0, 0.05) is 83.5 Å². The summed E-state index contributed by atoms with van der Waals surface area (Å²) in [4.78, 5) is 236. The van der Waals surface area contributed by atoms with E-state index in [0.717, 1.165) is 27.4 Å². The normalized spacial score (nSPS) is 14.8. The number of aliphatic hydroxyl groups excluding tert-OH is 1. The molecule has 1 unspecified atom stereocenters. The van der Waals surface area contributed by atoms with E-state index in [-0.39, 0.29) is 88.2 Å². The maximum Gasteiger partial charge on any atom is 0.243 e. The Morgan fingerprint density at radius 1 is 0.298 bits per heavy atom. The van der Waals surface area contributed by atoms with E-state index in [0.29, 0.717) is 34.0 Å². The highest BCUT2D eigenvalue weighted by molar-refractivity contribution is 6.02. The maximum absolute atomic E-state index is 15.4. The van der Waals surface area contributed by atoms with E-state index in [9.17, 15) is 53.1 Å². The molecule has 4 aromatic carbocycles. The van der Waals surface area contributed by atoms with Crippen LogP contribution in [0, 0.1) is 41.4 Å². The molecule has 0 aliphatic carbocycles. The molecule has 14 atom stereocenters. The highest BCUT2D eigenvalue weighted by atomic mass is 16.3. The second kappa shape index (κ2) is 50.8.